The molecule has 0 aliphatic carbocycles. The highest BCUT2D eigenvalue weighted by Gasteiger charge is 2.14. The van der Waals surface area contributed by atoms with Crippen LogP contribution in [0, 0.1) is 0 Å². The molecular weight excluding hydrogens is 308 g/mol. The molecule has 0 unspecified atom stereocenters. The SMILES string of the molecule is CC.Nc1nc2ncc(-c3ocnc3-c3ccccc3)cc2s1. The number of anilines is 1. The number of rotatable bonds is 2. The van der Waals surface area contributed by atoms with E-state index >= 15 is 0 Å². The predicted octanol–water partition coefficient (Wildman–Crippen LogP) is 4.62. The molecule has 0 aliphatic heterocycles. The van der Waals surface area contributed by atoms with Crippen LogP contribution < -0.4 is 5.73 Å². The van der Waals surface area contributed by atoms with Crippen molar-refractivity contribution in [3.63, 3.8) is 0 Å². The smallest absolute Gasteiger partial charge is 0.182 e. The van der Waals surface area contributed by atoms with Gasteiger partial charge in [0.05, 0.1) is 4.70 Å². The van der Waals surface area contributed by atoms with E-state index in [0.29, 0.717) is 16.5 Å². The number of benzene rings is 1. The molecule has 6 heteroatoms. The van der Waals surface area contributed by atoms with Crippen molar-refractivity contribution in [3.05, 3.63) is 49.0 Å². The van der Waals surface area contributed by atoms with Crippen molar-refractivity contribution >= 4 is 26.8 Å². The zero-order valence-corrected chi connectivity index (χ0v) is 13.7. The van der Waals surface area contributed by atoms with Gasteiger partial charge >= 0.3 is 0 Å². The van der Waals surface area contributed by atoms with Crippen molar-refractivity contribution in [1.82, 2.24) is 15.0 Å². The topological polar surface area (TPSA) is 77.8 Å². The van der Waals surface area contributed by atoms with Crippen LogP contribution in [0.1, 0.15) is 13.8 Å². The summed E-state index contributed by atoms with van der Waals surface area (Å²) in [5.74, 6) is 0.697. The van der Waals surface area contributed by atoms with Crippen molar-refractivity contribution in [3.8, 4) is 22.6 Å². The standard InChI is InChI=1S/C15H10N4OS.C2H6/c16-15-19-14-11(21-15)6-10(7-17-14)13-12(18-8-20-13)9-4-2-1-3-5-9;1-2/h1-8H,(H2,16,17,19);1-2H3. The molecule has 4 rings (SSSR count). The summed E-state index contributed by atoms with van der Waals surface area (Å²) in [7, 11) is 0. The average Bonchev–Trinajstić information content (AvgIpc) is 3.22. The maximum atomic E-state index is 5.71. The first-order valence-corrected chi connectivity index (χ1v) is 8.14. The van der Waals surface area contributed by atoms with Gasteiger partial charge in [-0.1, -0.05) is 55.5 Å². The molecule has 3 aromatic heterocycles. The third kappa shape index (κ3) is 2.93. The third-order valence-corrected chi connectivity index (χ3v) is 3.96. The van der Waals surface area contributed by atoms with Gasteiger partial charge in [-0.15, -0.1) is 0 Å². The molecule has 0 fully saturated rings. The maximum absolute atomic E-state index is 5.71. The summed E-state index contributed by atoms with van der Waals surface area (Å²) in [6, 6.07) is 11.9. The van der Waals surface area contributed by atoms with Gasteiger partial charge in [0.25, 0.3) is 0 Å². The van der Waals surface area contributed by atoms with E-state index in [9.17, 15) is 0 Å². The molecule has 2 N–H and O–H groups in total. The molecule has 0 saturated carbocycles. The van der Waals surface area contributed by atoms with Crippen LogP contribution in [0.2, 0.25) is 0 Å². The van der Waals surface area contributed by atoms with E-state index in [4.69, 9.17) is 10.2 Å². The third-order valence-electron chi connectivity index (χ3n) is 3.14. The number of thiazole rings is 1. The van der Waals surface area contributed by atoms with E-state index in [0.717, 1.165) is 21.5 Å². The Hall–Kier alpha value is -2.73. The van der Waals surface area contributed by atoms with E-state index in [1.807, 2.05) is 50.2 Å². The Kier molecular flexibility index (Phi) is 4.34. The zero-order valence-electron chi connectivity index (χ0n) is 12.9. The Morgan fingerprint density at radius 1 is 1.04 bits per heavy atom. The van der Waals surface area contributed by atoms with Crippen LogP contribution in [0.25, 0.3) is 32.9 Å². The normalized spacial score (nSPS) is 10.3. The van der Waals surface area contributed by atoms with E-state index < -0.39 is 0 Å². The Labute approximate surface area is 137 Å². The minimum Gasteiger partial charge on any atom is -0.443 e. The summed E-state index contributed by atoms with van der Waals surface area (Å²) in [6.45, 7) is 4.00. The quantitative estimate of drug-likeness (QED) is 0.582. The van der Waals surface area contributed by atoms with E-state index in [1.165, 1.54) is 17.7 Å². The van der Waals surface area contributed by atoms with Crippen molar-refractivity contribution in [2.45, 2.75) is 13.8 Å². The Bertz CT molecular complexity index is 915. The highest BCUT2D eigenvalue weighted by Crippen LogP contribution is 2.33. The molecule has 1 aromatic carbocycles. The molecular formula is C17H16N4OS. The van der Waals surface area contributed by atoms with E-state index in [1.54, 1.807) is 6.20 Å². The fourth-order valence-electron chi connectivity index (χ4n) is 2.21. The first kappa shape index (κ1) is 15.2. The number of pyridine rings is 1. The zero-order chi connectivity index (χ0) is 16.2. The van der Waals surface area contributed by atoms with Crippen LogP contribution in [-0.4, -0.2) is 15.0 Å². The molecule has 116 valence electrons. The Morgan fingerprint density at radius 2 is 1.83 bits per heavy atom. The second kappa shape index (κ2) is 6.58. The van der Waals surface area contributed by atoms with Gasteiger partial charge < -0.3 is 10.2 Å². The van der Waals surface area contributed by atoms with Gasteiger partial charge in [-0.3, -0.25) is 0 Å². The number of oxazole rings is 1. The summed E-state index contributed by atoms with van der Waals surface area (Å²) in [5.41, 5.74) is 9.03. The number of nitrogens with two attached hydrogens (primary N) is 1. The lowest BCUT2D eigenvalue weighted by molar-refractivity contribution is 0.572. The van der Waals surface area contributed by atoms with E-state index in [-0.39, 0.29) is 0 Å². The van der Waals surface area contributed by atoms with Crippen molar-refractivity contribution in [2.75, 3.05) is 5.73 Å². The van der Waals surface area contributed by atoms with Gasteiger partial charge in [0.15, 0.2) is 22.9 Å². The van der Waals surface area contributed by atoms with Gasteiger partial charge in [0, 0.05) is 17.3 Å². The minimum absolute atomic E-state index is 0.510. The van der Waals surface area contributed by atoms with Gasteiger partial charge in [-0.05, 0) is 6.07 Å². The molecule has 0 atom stereocenters. The molecule has 4 aromatic rings. The predicted molar refractivity (Wildman–Crippen MR) is 94.1 cm³/mol. The number of fused-ring (bicyclic) bond motifs is 1. The number of hydrogen-bond donors (Lipinski definition) is 1. The van der Waals surface area contributed by atoms with Crippen LogP contribution >= 0.6 is 11.3 Å². The maximum Gasteiger partial charge on any atom is 0.182 e. The van der Waals surface area contributed by atoms with Gasteiger partial charge in [0.2, 0.25) is 0 Å². The minimum atomic E-state index is 0.510. The molecule has 23 heavy (non-hydrogen) atoms. The van der Waals surface area contributed by atoms with E-state index in [2.05, 4.69) is 15.0 Å². The fourth-order valence-corrected chi connectivity index (χ4v) is 2.95. The molecule has 0 aliphatic rings. The molecule has 0 amide bonds. The van der Waals surface area contributed by atoms with Crippen molar-refractivity contribution < 1.29 is 4.42 Å². The van der Waals surface area contributed by atoms with Crippen LogP contribution in [0.5, 0.6) is 0 Å². The summed E-state index contributed by atoms with van der Waals surface area (Å²) in [5, 5.41) is 0.510. The monoisotopic (exact) mass is 324 g/mol. The van der Waals surface area contributed by atoms with Gasteiger partial charge in [0.1, 0.15) is 5.69 Å². The number of nitrogens with zero attached hydrogens (tertiary/aromatic N) is 3. The molecule has 0 radical (unpaired) electrons. The average molecular weight is 324 g/mol. The Balaban J connectivity index is 0.000000753. The largest absolute Gasteiger partial charge is 0.443 e. The number of nitrogen functional groups attached to an aromatic ring is 1. The highest BCUT2D eigenvalue weighted by atomic mass is 32.1. The lowest BCUT2D eigenvalue weighted by atomic mass is 10.1. The molecule has 5 nitrogen and oxygen atoms in total. The highest BCUT2D eigenvalue weighted by molar-refractivity contribution is 7.22. The molecule has 3 heterocycles. The second-order valence-corrected chi connectivity index (χ2v) is 5.56. The lowest BCUT2D eigenvalue weighted by Crippen LogP contribution is -1.84. The number of hydrogen-bond acceptors (Lipinski definition) is 6. The van der Waals surface area contributed by atoms with Crippen LogP contribution in [0.3, 0.4) is 0 Å². The molecule has 0 bridgehead atoms. The second-order valence-electron chi connectivity index (χ2n) is 4.49. The van der Waals surface area contributed by atoms with Crippen molar-refractivity contribution in [2.24, 2.45) is 0 Å². The fraction of sp³-hybridized carbons (Fsp3) is 0.118. The Morgan fingerprint density at radius 3 is 2.61 bits per heavy atom. The summed E-state index contributed by atoms with van der Waals surface area (Å²) in [6.07, 6.45) is 3.18. The van der Waals surface area contributed by atoms with Gasteiger partial charge in [-0.2, -0.15) is 0 Å². The molecule has 0 saturated heterocycles. The number of aromatic nitrogens is 3. The first-order chi connectivity index (χ1) is 11.3. The van der Waals surface area contributed by atoms with Crippen LogP contribution in [0.15, 0.2) is 53.4 Å². The van der Waals surface area contributed by atoms with Crippen LogP contribution in [-0.2, 0) is 0 Å². The molecule has 0 spiro atoms. The first-order valence-electron chi connectivity index (χ1n) is 7.32. The van der Waals surface area contributed by atoms with Gasteiger partial charge in [-0.25, -0.2) is 15.0 Å². The van der Waals surface area contributed by atoms with Crippen LogP contribution in [0.4, 0.5) is 5.13 Å². The summed E-state index contributed by atoms with van der Waals surface area (Å²) in [4.78, 5) is 12.8. The summed E-state index contributed by atoms with van der Waals surface area (Å²) >= 11 is 1.41. The van der Waals surface area contributed by atoms with Crippen molar-refractivity contribution in [1.29, 1.82) is 0 Å². The lowest BCUT2D eigenvalue weighted by Gasteiger charge is -2.01. The summed E-state index contributed by atoms with van der Waals surface area (Å²) < 4.78 is 6.49.